The molecule has 0 unspecified atom stereocenters. The van der Waals surface area contributed by atoms with Crippen molar-refractivity contribution in [1.29, 1.82) is 0 Å². The number of hydrogen-bond acceptors (Lipinski definition) is 5. The Morgan fingerprint density at radius 1 is 1.25 bits per heavy atom. The molecule has 1 aromatic carbocycles. The second-order valence-electron chi connectivity index (χ2n) is 4.43. The zero-order chi connectivity index (χ0) is 14.5. The van der Waals surface area contributed by atoms with E-state index in [2.05, 4.69) is 10.1 Å². The molecule has 0 saturated heterocycles. The molecule has 1 aliphatic rings. The molecule has 0 spiro atoms. The van der Waals surface area contributed by atoms with E-state index in [1.54, 1.807) is 25.1 Å². The first-order valence-corrected chi connectivity index (χ1v) is 6.40. The van der Waals surface area contributed by atoms with Crippen molar-refractivity contribution in [2.45, 2.75) is 19.4 Å². The molecule has 1 aromatic rings. The number of methoxy groups -OCH3 is 1. The van der Waals surface area contributed by atoms with E-state index in [9.17, 15) is 9.59 Å². The van der Waals surface area contributed by atoms with Crippen molar-refractivity contribution in [1.82, 2.24) is 5.32 Å². The average molecular weight is 279 g/mol. The van der Waals surface area contributed by atoms with Gasteiger partial charge in [-0.2, -0.15) is 0 Å². The van der Waals surface area contributed by atoms with E-state index in [0.29, 0.717) is 30.3 Å². The Hall–Kier alpha value is -2.24. The standard InChI is InChI=1S/C14H17NO5/c1-9(14(17)18-2)15-13(16)10-4-5-11-12(8-10)20-7-3-6-19-11/h4-5,8-9H,3,6-7H2,1-2H3,(H,15,16)/t9-/m0/s1. The average Bonchev–Trinajstić information content (AvgIpc) is 2.70. The normalized spacial score (nSPS) is 14.9. The number of carbonyl (C=O) groups is 2. The van der Waals surface area contributed by atoms with E-state index >= 15 is 0 Å². The van der Waals surface area contributed by atoms with Crippen LogP contribution < -0.4 is 14.8 Å². The fourth-order valence-electron chi connectivity index (χ4n) is 1.82. The van der Waals surface area contributed by atoms with Crippen molar-refractivity contribution < 1.29 is 23.8 Å². The third-order valence-corrected chi connectivity index (χ3v) is 2.91. The zero-order valence-electron chi connectivity index (χ0n) is 11.5. The minimum Gasteiger partial charge on any atom is -0.490 e. The summed E-state index contributed by atoms with van der Waals surface area (Å²) in [5.41, 5.74) is 0.407. The van der Waals surface area contributed by atoms with Gasteiger partial charge in [-0.1, -0.05) is 0 Å². The first kappa shape index (κ1) is 14.2. The third kappa shape index (κ3) is 3.20. The Kier molecular flexibility index (Phi) is 4.45. The highest BCUT2D eigenvalue weighted by atomic mass is 16.5. The van der Waals surface area contributed by atoms with Gasteiger partial charge in [0.05, 0.1) is 20.3 Å². The van der Waals surface area contributed by atoms with Crippen molar-refractivity contribution in [3.05, 3.63) is 23.8 Å². The van der Waals surface area contributed by atoms with E-state index < -0.39 is 12.0 Å². The summed E-state index contributed by atoms with van der Waals surface area (Å²) in [5.74, 6) is 0.312. The number of ether oxygens (including phenoxy) is 3. The fraction of sp³-hybridized carbons (Fsp3) is 0.429. The number of fused-ring (bicyclic) bond motifs is 1. The molecular formula is C14H17NO5. The van der Waals surface area contributed by atoms with Crippen LogP contribution in [-0.2, 0) is 9.53 Å². The maximum absolute atomic E-state index is 12.0. The van der Waals surface area contributed by atoms with Gasteiger partial charge < -0.3 is 19.5 Å². The molecule has 0 aromatic heterocycles. The SMILES string of the molecule is COC(=O)[C@H](C)NC(=O)c1ccc2c(c1)OCCCO2. The lowest BCUT2D eigenvalue weighted by Crippen LogP contribution is -2.39. The maximum Gasteiger partial charge on any atom is 0.328 e. The number of carbonyl (C=O) groups excluding carboxylic acids is 2. The van der Waals surface area contributed by atoms with E-state index in [-0.39, 0.29) is 5.91 Å². The van der Waals surface area contributed by atoms with Crippen LogP contribution in [0.1, 0.15) is 23.7 Å². The van der Waals surface area contributed by atoms with Crippen LogP contribution >= 0.6 is 0 Å². The minimum absolute atomic E-state index is 0.362. The fourth-order valence-corrected chi connectivity index (χ4v) is 1.82. The van der Waals surface area contributed by atoms with E-state index in [1.165, 1.54) is 7.11 Å². The first-order chi connectivity index (χ1) is 9.61. The number of nitrogens with one attached hydrogen (secondary N) is 1. The molecule has 20 heavy (non-hydrogen) atoms. The van der Waals surface area contributed by atoms with Gasteiger partial charge in [-0.3, -0.25) is 4.79 Å². The van der Waals surface area contributed by atoms with Gasteiger partial charge in [0.1, 0.15) is 6.04 Å². The summed E-state index contributed by atoms with van der Waals surface area (Å²) in [5, 5.41) is 2.56. The molecule has 1 heterocycles. The highest BCUT2D eigenvalue weighted by Crippen LogP contribution is 2.30. The van der Waals surface area contributed by atoms with Crippen LogP contribution in [0.15, 0.2) is 18.2 Å². The molecule has 0 aliphatic carbocycles. The van der Waals surface area contributed by atoms with Gasteiger partial charge in [-0.05, 0) is 25.1 Å². The van der Waals surface area contributed by atoms with Crippen LogP contribution in [0.5, 0.6) is 11.5 Å². The second-order valence-corrected chi connectivity index (χ2v) is 4.43. The Morgan fingerprint density at radius 2 is 1.95 bits per heavy atom. The van der Waals surface area contributed by atoms with E-state index in [1.807, 2.05) is 0 Å². The molecule has 1 atom stereocenters. The summed E-state index contributed by atoms with van der Waals surface area (Å²) in [6.07, 6.45) is 0.801. The monoisotopic (exact) mass is 279 g/mol. The molecule has 0 radical (unpaired) electrons. The second kappa shape index (κ2) is 6.27. The topological polar surface area (TPSA) is 73.9 Å². The number of hydrogen-bond donors (Lipinski definition) is 1. The van der Waals surface area contributed by atoms with Gasteiger partial charge in [0, 0.05) is 12.0 Å². The van der Waals surface area contributed by atoms with E-state index in [4.69, 9.17) is 9.47 Å². The highest BCUT2D eigenvalue weighted by molar-refractivity contribution is 5.97. The highest BCUT2D eigenvalue weighted by Gasteiger charge is 2.19. The third-order valence-electron chi connectivity index (χ3n) is 2.91. The molecule has 1 aliphatic heterocycles. The first-order valence-electron chi connectivity index (χ1n) is 6.40. The van der Waals surface area contributed by atoms with Crippen LogP contribution in [0.25, 0.3) is 0 Å². The van der Waals surface area contributed by atoms with Gasteiger partial charge in [-0.25, -0.2) is 4.79 Å². The summed E-state index contributed by atoms with van der Waals surface area (Å²) in [6.45, 7) is 2.71. The van der Waals surface area contributed by atoms with Crippen molar-refractivity contribution in [2.75, 3.05) is 20.3 Å². The lowest BCUT2D eigenvalue weighted by Gasteiger charge is -2.13. The number of esters is 1. The Balaban J connectivity index is 2.11. The number of benzene rings is 1. The van der Waals surface area contributed by atoms with Crippen LogP contribution in [0.3, 0.4) is 0 Å². The van der Waals surface area contributed by atoms with Crippen LogP contribution in [-0.4, -0.2) is 38.2 Å². The predicted octanol–water partition coefficient (Wildman–Crippen LogP) is 1.14. The van der Waals surface area contributed by atoms with Crippen molar-refractivity contribution in [3.63, 3.8) is 0 Å². The van der Waals surface area contributed by atoms with Crippen LogP contribution in [0.4, 0.5) is 0 Å². The summed E-state index contributed by atoms with van der Waals surface area (Å²) in [6, 6.07) is 4.23. The lowest BCUT2D eigenvalue weighted by atomic mass is 10.1. The van der Waals surface area contributed by atoms with Crippen molar-refractivity contribution in [2.24, 2.45) is 0 Å². The minimum atomic E-state index is -0.705. The smallest absolute Gasteiger partial charge is 0.328 e. The molecule has 2 rings (SSSR count). The molecule has 0 fully saturated rings. The molecule has 1 amide bonds. The van der Waals surface area contributed by atoms with Gasteiger partial charge >= 0.3 is 5.97 Å². The quantitative estimate of drug-likeness (QED) is 0.840. The molecule has 6 nitrogen and oxygen atoms in total. The predicted molar refractivity (Wildman–Crippen MR) is 71.0 cm³/mol. The molecular weight excluding hydrogens is 262 g/mol. The summed E-state index contributed by atoms with van der Waals surface area (Å²) >= 11 is 0. The maximum atomic E-state index is 12.0. The summed E-state index contributed by atoms with van der Waals surface area (Å²) in [4.78, 5) is 23.3. The molecule has 0 saturated carbocycles. The van der Waals surface area contributed by atoms with E-state index in [0.717, 1.165) is 6.42 Å². The van der Waals surface area contributed by atoms with Gasteiger partial charge in [0.2, 0.25) is 0 Å². The summed E-state index contributed by atoms with van der Waals surface area (Å²) in [7, 11) is 1.28. The molecule has 0 bridgehead atoms. The van der Waals surface area contributed by atoms with Gasteiger partial charge in [0.15, 0.2) is 11.5 Å². The van der Waals surface area contributed by atoms with Crippen molar-refractivity contribution in [3.8, 4) is 11.5 Å². The van der Waals surface area contributed by atoms with Crippen LogP contribution in [0, 0.1) is 0 Å². The lowest BCUT2D eigenvalue weighted by molar-refractivity contribution is -0.142. The Labute approximate surface area is 117 Å². The molecule has 1 N–H and O–H groups in total. The molecule has 108 valence electrons. The largest absolute Gasteiger partial charge is 0.490 e. The number of amides is 1. The van der Waals surface area contributed by atoms with Gasteiger partial charge in [-0.15, -0.1) is 0 Å². The zero-order valence-corrected chi connectivity index (χ0v) is 11.5. The Bertz CT molecular complexity index is 514. The molecule has 6 heteroatoms. The Morgan fingerprint density at radius 3 is 2.65 bits per heavy atom. The summed E-state index contributed by atoms with van der Waals surface area (Å²) < 4.78 is 15.6. The number of rotatable bonds is 3. The van der Waals surface area contributed by atoms with Gasteiger partial charge in [0.25, 0.3) is 5.91 Å². The van der Waals surface area contributed by atoms with Crippen molar-refractivity contribution >= 4 is 11.9 Å². The van der Waals surface area contributed by atoms with Crippen LogP contribution in [0.2, 0.25) is 0 Å².